The number of nitrogens with zero attached hydrogens (tertiary/aromatic N) is 2. The Hall–Kier alpha value is -0.960. The normalized spacial score (nSPS) is 28.6. The highest BCUT2D eigenvalue weighted by atomic mass is 32.1. The largest absolute Gasteiger partial charge is 0.264 e. The van der Waals surface area contributed by atoms with Gasteiger partial charge in [0.05, 0.1) is 11.4 Å². The van der Waals surface area contributed by atoms with Crippen LogP contribution in [0.1, 0.15) is 35.4 Å². The summed E-state index contributed by atoms with van der Waals surface area (Å²) in [7, 11) is 0. The molecule has 1 fully saturated rings. The molecule has 0 amide bonds. The van der Waals surface area contributed by atoms with Crippen LogP contribution < -0.4 is 0 Å². The van der Waals surface area contributed by atoms with Crippen molar-refractivity contribution in [2.75, 3.05) is 6.67 Å². The zero-order chi connectivity index (χ0) is 11.1. The van der Waals surface area contributed by atoms with E-state index in [1.807, 2.05) is 11.3 Å². The lowest BCUT2D eigenvalue weighted by molar-refractivity contribution is 0.601. The number of aliphatic imine (C=N–C) groups is 2. The van der Waals surface area contributed by atoms with E-state index in [0.29, 0.717) is 18.5 Å². The highest BCUT2D eigenvalue weighted by Crippen LogP contribution is 2.37. The van der Waals surface area contributed by atoms with Crippen LogP contribution in [-0.4, -0.2) is 18.1 Å². The van der Waals surface area contributed by atoms with Crippen LogP contribution in [0.5, 0.6) is 0 Å². The summed E-state index contributed by atoms with van der Waals surface area (Å²) in [5.41, 5.74) is 2.56. The number of thiophene rings is 1. The van der Waals surface area contributed by atoms with Crippen LogP contribution in [0.4, 0.5) is 0 Å². The first-order chi connectivity index (χ1) is 7.75. The van der Waals surface area contributed by atoms with E-state index in [1.54, 1.807) is 0 Å². The van der Waals surface area contributed by atoms with E-state index in [4.69, 9.17) is 0 Å². The van der Waals surface area contributed by atoms with Gasteiger partial charge in [0.15, 0.2) is 0 Å². The van der Waals surface area contributed by atoms with Crippen LogP contribution in [0.3, 0.4) is 0 Å². The second-order valence-electron chi connectivity index (χ2n) is 4.71. The third-order valence-corrected chi connectivity index (χ3v) is 4.65. The van der Waals surface area contributed by atoms with Crippen LogP contribution in [0.2, 0.25) is 0 Å². The van der Waals surface area contributed by atoms with Crippen molar-refractivity contribution < 1.29 is 0 Å². The van der Waals surface area contributed by atoms with E-state index in [1.165, 1.54) is 34.0 Å². The lowest BCUT2D eigenvalue weighted by Gasteiger charge is -2.27. The third kappa shape index (κ3) is 1.54. The van der Waals surface area contributed by atoms with Gasteiger partial charge in [0, 0.05) is 15.7 Å². The van der Waals surface area contributed by atoms with Gasteiger partial charge in [-0.3, -0.25) is 9.98 Å². The Morgan fingerprint density at radius 1 is 1.19 bits per heavy atom. The molecule has 0 bridgehead atoms. The Morgan fingerprint density at radius 3 is 2.75 bits per heavy atom. The van der Waals surface area contributed by atoms with Gasteiger partial charge in [0.1, 0.15) is 6.67 Å². The molecule has 0 N–H and O–H groups in total. The highest BCUT2D eigenvalue weighted by molar-refractivity contribution is 7.12. The van der Waals surface area contributed by atoms with Crippen molar-refractivity contribution in [1.29, 1.82) is 0 Å². The van der Waals surface area contributed by atoms with E-state index in [2.05, 4.69) is 36.0 Å². The minimum Gasteiger partial charge on any atom is -0.264 e. The molecular formula is C13H16N2S. The van der Waals surface area contributed by atoms with Crippen molar-refractivity contribution >= 4 is 22.8 Å². The molecule has 3 heteroatoms. The molecule has 2 unspecified atom stereocenters. The Kier molecular flexibility index (Phi) is 2.43. The molecule has 1 aromatic rings. The van der Waals surface area contributed by atoms with Gasteiger partial charge >= 0.3 is 0 Å². The molecule has 1 aliphatic carbocycles. The summed E-state index contributed by atoms with van der Waals surface area (Å²) in [4.78, 5) is 12.0. The van der Waals surface area contributed by atoms with Gasteiger partial charge < -0.3 is 0 Å². The first-order valence-electron chi connectivity index (χ1n) is 5.91. The predicted octanol–water partition coefficient (Wildman–Crippen LogP) is 3.42. The van der Waals surface area contributed by atoms with Crippen molar-refractivity contribution in [2.45, 2.75) is 32.6 Å². The Bertz CT molecular complexity index is 470. The zero-order valence-electron chi connectivity index (χ0n) is 9.73. The molecule has 1 aromatic heterocycles. The first kappa shape index (κ1) is 10.2. The zero-order valence-corrected chi connectivity index (χ0v) is 10.5. The molecule has 84 valence electrons. The molecule has 0 radical (unpaired) electrons. The Balaban J connectivity index is 1.95. The monoisotopic (exact) mass is 232 g/mol. The molecule has 2 atom stereocenters. The average Bonchev–Trinajstić information content (AvgIpc) is 2.87. The summed E-state index contributed by atoms with van der Waals surface area (Å²) in [5, 5.41) is 0. The van der Waals surface area contributed by atoms with E-state index >= 15 is 0 Å². The summed E-state index contributed by atoms with van der Waals surface area (Å²) in [5.74, 6) is 1.13. The molecule has 0 aromatic carbocycles. The smallest absolute Gasteiger partial charge is 0.130 e. The fourth-order valence-corrected chi connectivity index (χ4v) is 3.67. The standard InChI is InChI=1S/C13H16N2S/c1-8-3-5-10(11-6-4-9(2)16-11)13-12(8)14-7-15-13/h4,6,8,10H,3,5,7H2,1-2H3. The van der Waals surface area contributed by atoms with Gasteiger partial charge in [-0.25, -0.2) is 0 Å². The van der Waals surface area contributed by atoms with E-state index < -0.39 is 0 Å². The predicted molar refractivity (Wildman–Crippen MR) is 69.9 cm³/mol. The van der Waals surface area contributed by atoms with Crippen LogP contribution in [0.15, 0.2) is 22.1 Å². The molecule has 3 rings (SSSR count). The molecule has 1 aliphatic heterocycles. The molecule has 2 aliphatic rings. The SMILES string of the molecule is Cc1ccc(C2CCC(C)C3=NCN=C32)s1. The second kappa shape index (κ2) is 3.81. The van der Waals surface area contributed by atoms with Crippen LogP contribution >= 0.6 is 11.3 Å². The maximum absolute atomic E-state index is 4.59. The molecule has 1 saturated carbocycles. The second-order valence-corrected chi connectivity index (χ2v) is 6.03. The summed E-state index contributed by atoms with van der Waals surface area (Å²) < 4.78 is 0. The summed E-state index contributed by atoms with van der Waals surface area (Å²) in [6.45, 7) is 5.11. The first-order valence-corrected chi connectivity index (χ1v) is 6.72. The topological polar surface area (TPSA) is 24.7 Å². The minimum absolute atomic E-state index is 0.524. The van der Waals surface area contributed by atoms with Gasteiger partial charge in [-0.1, -0.05) is 6.92 Å². The van der Waals surface area contributed by atoms with Crippen LogP contribution in [-0.2, 0) is 0 Å². The van der Waals surface area contributed by atoms with E-state index in [9.17, 15) is 0 Å². The highest BCUT2D eigenvalue weighted by Gasteiger charge is 2.33. The Morgan fingerprint density at radius 2 is 2.00 bits per heavy atom. The fourth-order valence-electron chi connectivity index (χ4n) is 2.65. The number of aryl methyl sites for hydroxylation is 1. The third-order valence-electron chi connectivity index (χ3n) is 3.53. The molecule has 0 saturated heterocycles. The van der Waals surface area contributed by atoms with E-state index in [-0.39, 0.29) is 0 Å². The molecule has 2 nitrogen and oxygen atoms in total. The number of hydrogen-bond donors (Lipinski definition) is 0. The molecule has 2 heterocycles. The van der Waals surface area contributed by atoms with Gasteiger partial charge in [-0.2, -0.15) is 0 Å². The summed E-state index contributed by atoms with van der Waals surface area (Å²) in [6, 6.07) is 4.48. The lowest BCUT2D eigenvalue weighted by atomic mass is 9.79. The van der Waals surface area contributed by atoms with Gasteiger partial charge in [-0.05, 0) is 37.8 Å². The van der Waals surface area contributed by atoms with Gasteiger partial charge in [0.25, 0.3) is 0 Å². The fraction of sp³-hybridized carbons (Fsp3) is 0.538. The molecule has 16 heavy (non-hydrogen) atoms. The van der Waals surface area contributed by atoms with Crippen LogP contribution in [0.25, 0.3) is 0 Å². The van der Waals surface area contributed by atoms with Crippen molar-refractivity contribution in [2.24, 2.45) is 15.9 Å². The van der Waals surface area contributed by atoms with Crippen molar-refractivity contribution in [3.8, 4) is 0 Å². The van der Waals surface area contributed by atoms with Gasteiger partial charge in [0.2, 0.25) is 0 Å². The maximum atomic E-state index is 4.59. The van der Waals surface area contributed by atoms with Crippen molar-refractivity contribution in [1.82, 2.24) is 0 Å². The molecule has 0 spiro atoms. The lowest BCUT2D eigenvalue weighted by Crippen LogP contribution is -2.30. The Labute approximate surface area is 100 Å². The van der Waals surface area contributed by atoms with Crippen LogP contribution in [0, 0.1) is 12.8 Å². The van der Waals surface area contributed by atoms with Crippen molar-refractivity contribution in [3.63, 3.8) is 0 Å². The summed E-state index contributed by atoms with van der Waals surface area (Å²) in [6.07, 6.45) is 2.48. The average molecular weight is 232 g/mol. The minimum atomic E-state index is 0.524. The number of rotatable bonds is 1. The maximum Gasteiger partial charge on any atom is 0.130 e. The van der Waals surface area contributed by atoms with Crippen molar-refractivity contribution in [3.05, 3.63) is 21.9 Å². The quantitative estimate of drug-likeness (QED) is 0.709. The summed E-state index contributed by atoms with van der Waals surface area (Å²) >= 11 is 1.91. The molecular weight excluding hydrogens is 216 g/mol. The van der Waals surface area contributed by atoms with E-state index in [0.717, 1.165) is 0 Å². The van der Waals surface area contributed by atoms with Gasteiger partial charge in [-0.15, -0.1) is 11.3 Å². The number of fused-ring (bicyclic) bond motifs is 1. The number of hydrogen-bond acceptors (Lipinski definition) is 3.